The van der Waals surface area contributed by atoms with Crippen LogP contribution in [0, 0.1) is 11.3 Å². The quantitative estimate of drug-likeness (QED) is 0.669. The second-order valence-electron chi connectivity index (χ2n) is 3.48. The van der Waals surface area contributed by atoms with Gasteiger partial charge < -0.3 is 15.5 Å². The molecule has 1 heterocycles. The van der Waals surface area contributed by atoms with E-state index in [1.54, 1.807) is 12.1 Å². The van der Waals surface area contributed by atoms with Gasteiger partial charge in [-0.05, 0) is 31.5 Å². The molecule has 0 unspecified atom stereocenters. The molecule has 0 aromatic carbocycles. The first-order chi connectivity index (χ1) is 7.72. The van der Waals surface area contributed by atoms with Gasteiger partial charge >= 0.3 is 0 Å². The highest BCUT2D eigenvalue weighted by molar-refractivity contribution is 5.73. The highest BCUT2D eigenvalue weighted by Crippen LogP contribution is 2.05. The van der Waals surface area contributed by atoms with Crippen LogP contribution in [0.4, 0.5) is 0 Å². The lowest BCUT2D eigenvalue weighted by molar-refractivity contribution is -0.118. The van der Waals surface area contributed by atoms with Crippen LogP contribution in [0.5, 0.6) is 0 Å². The molecule has 16 heavy (non-hydrogen) atoms. The maximum atomic E-state index is 10.4. The number of carbonyl (C=O) groups excluding carboxylic acids is 1. The number of rotatable bonds is 7. The van der Waals surface area contributed by atoms with E-state index in [-0.39, 0.29) is 5.91 Å². The Morgan fingerprint density at radius 1 is 1.50 bits per heavy atom. The molecule has 0 aliphatic rings. The van der Waals surface area contributed by atoms with Gasteiger partial charge in [-0.1, -0.05) is 0 Å². The van der Waals surface area contributed by atoms with Gasteiger partial charge in [0.05, 0.1) is 6.54 Å². The summed E-state index contributed by atoms with van der Waals surface area (Å²) in [5, 5.41) is 11.7. The predicted molar refractivity (Wildman–Crippen MR) is 58.2 cm³/mol. The number of nitrogens with zero attached hydrogens (tertiary/aromatic N) is 1. The van der Waals surface area contributed by atoms with Crippen LogP contribution in [0.25, 0.3) is 0 Å². The summed E-state index contributed by atoms with van der Waals surface area (Å²) in [5.41, 5.74) is 5.01. The summed E-state index contributed by atoms with van der Waals surface area (Å²) in [7, 11) is 0. The van der Waals surface area contributed by atoms with E-state index in [1.807, 2.05) is 6.07 Å². The molecule has 0 saturated carbocycles. The van der Waals surface area contributed by atoms with E-state index in [0.717, 1.165) is 25.1 Å². The first-order valence-electron chi connectivity index (χ1n) is 5.20. The summed E-state index contributed by atoms with van der Waals surface area (Å²) < 4.78 is 5.18. The van der Waals surface area contributed by atoms with Crippen LogP contribution in [0.15, 0.2) is 16.5 Å². The third kappa shape index (κ3) is 4.62. The highest BCUT2D eigenvalue weighted by atomic mass is 16.3. The SMILES string of the molecule is N#Cc1ccc(CNCCCCC(N)=O)o1. The van der Waals surface area contributed by atoms with Crippen molar-refractivity contribution in [2.75, 3.05) is 6.54 Å². The van der Waals surface area contributed by atoms with E-state index in [4.69, 9.17) is 15.4 Å². The van der Waals surface area contributed by atoms with Gasteiger partial charge in [0, 0.05) is 6.42 Å². The largest absolute Gasteiger partial charge is 0.449 e. The van der Waals surface area contributed by atoms with Crippen molar-refractivity contribution in [2.45, 2.75) is 25.8 Å². The maximum absolute atomic E-state index is 10.4. The molecule has 0 aliphatic heterocycles. The number of amides is 1. The van der Waals surface area contributed by atoms with Crippen molar-refractivity contribution in [3.8, 4) is 6.07 Å². The summed E-state index contributed by atoms with van der Waals surface area (Å²) in [6.45, 7) is 1.40. The van der Waals surface area contributed by atoms with Gasteiger partial charge in [-0.3, -0.25) is 4.79 Å². The summed E-state index contributed by atoms with van der Waals surface area (Å²) in [4.78, 5) is 10.4. The molecule has 3 N–H and O–H groups in total. The second-order valence-corrected chi connectivity index (χ2v) is 3.48. The molecule has 0 aliphatic carbocycles. The van der Waals surface area contributed by atoms with Gasteiger partial charge in [-0.25, -0.2) is 0 Å². The van der Waals surface area contributed by atoms with Crippen LogP contribution >= 0.6 is 0 Å². The van der Waals surface area contributed by atoms with Crippen LogP contribution in [0.3, 0.4) is 0 Å². The molecule has 0 fully saturated rings. The lowest BCUT2D eigenvalue weighted by Gasteiger charge is -2.01. The van der Waals surface area contributed by atoms with Crippen molar-refractivity contribution >= 4 is 5.91 Å². The van der Waals surface area contributed by atoms with Crippen molar-refractivity contribution in [3.63, 3.8) is 0 Å². The van der Waals surface area contributed by atoms with Crippen molar-refractivity contribution < 1.29 is 9.21 Å². The average molecular weight is 221 g/mol. The Morgan fingerprint density at radius 3 is 2.94 bits per heavy atom. The maximum Gasteiger partial charge on any atom is 0.217 e. The number of hydrogen-bond donors (Lipinski definition) is 2. The summed E-state index contributed by atoms with van der Waals surface area (Å²) >= 11 is 0. The van der Waals surface area contributed by atoms with Crippen LogP contribution in [0.1, 0.15) is 30.8 Å². The Labute approximate surface area is 94.2 Å². The fourth-order valence-electron chi connectivity index (χ4n) is 1.29. The Morgan fingerprint density at radius 2 is 2.31 bits per heavy atom. The zero-order valence-corrected chi connectivity index (χ0v) is 9.03. The number of furan rings is 1. The fraction of sp³-hybridized carbons (Fsp3) is 0.455. The topological polar surface area (TPSA) is 92.0 Å². The first-order valence-corrected chi connectivity index (χ1v) is 5.20. The van der Waals surface area contributed by atoms with Crippen LogP contribution in [-0.2, 0) is 11.3 Å². The summed E-state index contributed by atoms with van der Waals surface area (Å²) in [6, 6.07) is 5.34. The molecule has 86 valence electrons. The smallest absolute Gasteiger partial charge is 0.217 e. The number of hydrogen-bond acceptors (Lipinski definition) is 4. The number of primary amides is 1. The Kier molecular flexibility index (Phi) is 5.09. The standard InChI is InChI=1S/C11H15N3O2/c12-7-9-4-5-10(16-9)8-14-6-2-1-3-11(13)15/h4-5,14H,1-3,6,8H2,(H2,13,15). The van der Waals surface area contributed by atoms with Crippen molar-refractivity contribution in [3.05, 3.63) is 23.7 Å². The first kappa shape index (κ1) is 12.3. The van der Waals surface area contributed by atoms with E-state index in [9.17, 15) is 4.79 Å². The minimum absolute atomic E-state index is 0.260. The van der Waals surface area contributed by atoms with Gasteiger partial charge in [0.25, 0.3) is 0 Å². The molecule has 1 aromatic heterocycles. The zero-order valence-electron chi connectivity index (χ0n) is 9.03. The summed E-state index contributed by atoms with van der Waals surface area (Å²) in [6.07, 6.45) is 2.12. The Bertz CT molecular complexity index is 379. The Balaban J connectivity index is 2.07. The number of unbranched alkanes of at least 4 members (excludes halogenated alkanes) is 1. The van der Waals surface area contributed by atoms with Crippen molar-refractivity contribution in [1.82, 2.24) is 5.32 Å². The number of nitrogens with two attached hydrogens (primary N) is 1. The number of nitrogens with one attached hydrogen (secondary N) is 1. The molecule has 1 rings (SSSR count). The molecule has 1 amide bonds. The van der Waals surface area contributed by atoms with Gasteiger partial charge in [0.1, 0.15) is 11.8 Å². The molecule has 0 bridgehead atoms. The molecule has 0 spiro atoms. The number of carbonyl (C=O) groups is 1. The van der Waals surface area contributed by atoms with E-state index in [0.29, 0.717) is 18.7 Å². The van der Waals surface area contributed by atoms with Gasteiger partial charge in [-0.2, -0.15) is 5.26 Å². The molecule has 0 atom stereocenters. The minimum Gasteiger partial charge on any atom is -0.449 e. The van der Waals surface area contributed by atoms with E-state index in [1.165, 1.54) is 0 Å². The van der Waals surface area contributed by atoms with Crippen molar-refractivity contribution in [1.29, 1.82) is 5.26 Å². The fourth-order valence-corrected chi connectivity index (χ4v) is 1.29. The lowest BCUT2D eigenvalue weighted by atomic mass is 10.2. The average Bonchev–Trinajstić information content (AvgIpc) is 2.70. The Hall–Kier alpha value is -1.80. The third-order valence-electron chi connectivity index (χ3n) is 2.10. The predicted octanol–water partition coefficient (Wildman–Crippen LogP) is 0.896. The molecular formula is C11H15N3O2. The monoisotopic (exact) mass is 221 g/mol. The normalized spacial score (nSPS) is 9.94. The van der Waals surface area contributed by atoms with Gasteiger partial charge in [-0.15, -0.1) is 0 Å². The van der Waals surface area contributed by atoms with E-state index < -0.39 is 0 Å². The zero-order chi connectivity index (χ0) is 11.8. The van der Waals surface area contributed by atoms with Crippen LogP contribution in [-0.4, -0.2) is 12.5 Å². The summed E-state index contributed by atoms with van der Waals surface area (Å²) in [5.74, 6) is 0.807. The van der Waals surface area contributed by atoms with Gasteiger partial charge in [0.2, 0.25) is 11.7 Å². The molecule has 0 radical (unpaired) electrons. The second kappa shape index (κ2) is 6.64. The van der Waals surface area contributed by atoms with Crippen LogP contribution in [0.2, 0.25) is 0 Å². The van der Waals surface area contributed by atoms with Gasteiger partial charge in [0.15, 0.2) is 0 Å². The molecular weight excluding hydrogens is 206 g/mol. The van der Waals surface area contributed by atoms with Crippen LogP contribution < -0.4 is 11.1 Å². The molecule has 5 nitrogen and oxygen atoms in total. The highest BCUT2D eigenvalue weighted by Gasteiger charge is 2.00. The minimum atomic E-state index is -0.260. The lowest BCUT2D eigenvalue weighted by Crippen LogP contribution is -2.15. The van der Waals surface area contributed by atoms with Crippen molar-refractivity contribution in [2.24, 2.45) is 5.73 Å². The number of nitriles is 1. The van der Waals surface area contributed by atoms with E-state index >= 15 is 0 Å². The third-order valence-corrected chi connectivity index (χ3v) is 2.10. The molecule has 5 heteroatoms. The van der Waals surface area contributed by atoms with E-state index in [2.05, 4.69) is 5.32 Å². The molecule has 1 aromatic rings. The molecule has 0 saturated heterocycles.